The van der Waals surface area contributed by atoms with Crippen molar-refractivity contribution >= 4 is 11.9 Å². The highest BCUT2D eigenvalue weighted by molar-refractivity contribution is 5.86. The van der Waals surface area contributed by atoms with Gasteiger partial charge in [-0.1, -0.05) is 44.2 Å². The van der Waals surface area contributed by atoms with Gasteiger partial charge in [-0.3, -0.25) is 14.5 Å². The minimum absolute atomic E-state index is 0.0712. The molecule has 1 heterocycles. The average molecular weight is 304 g/mol. The number of aliphatic carboxylic acids is 1. The number of carboxylic acids is 1. The summed E-state index contributed by atoms with van der Waals surface area (Å²) in [5, 5.41) is 9.11. The van der Waals surface area contributed by atoms with Gasteiger partial charge in [0.25, 0.3) is 0 Å². The fourth-order valence-corrected chi connectivity index (χ4v) is 2.91. The molecule has 0 aliphatic carbocycles. The molecule has 1 amide bonds. The third-order valence-electron chi connectivity index (χ3n) is 3.88. The van der Waals surface area contributed by atoms with E-state index in [0.717, 1.165) is 18.7 Å². The molecule has 0 bridgehead atoms. The largest absolute Gasteiger partial charge is 0.481 e. The van der Waals surface area contributed by atoms with Gasteiger partial charge in [0.05, 0.1) is 12.5 Å². The van der Waals surface area contributed by atoms with Gasteiger partial charge in [-0.15, -0.1) is 0 Å². The molecule has 1 unspecified atom stereocenters. The number of hydrogen-bond acceptors (Lipinski definition) is 3. The SMILES string of the molecule is CC(C)CN1CCN(Cc2ccccc2)C(=O)C1CC(=O)O. The maximum absolute atomic E-state index is 12.7. The summed E-state index contributed by atoms with van der Waals surface area (Å²) in [5.41, 5.74) is 1.07. The van der Waals surface area contributed by atoms with Gasteiger partial charge in [-0.05, 0) is 11.5 Å². The Kier molecular flexibility index (Phi) is 5.55. The van der Waals surface area contributed by atoms with E-state index < -0.39 is 12.0 Å². The van der Waals surface area contributed by atoms with Crippen molar-refractivity contribution in [1.29, 1.82) is 0 Å². The molecule has 1 fully saturated rings. The predicted molar refractivity (Wildman–Crippen MR) is 84.3 cm³/mol. The molecule has 1 aliphatic heterocycles. The minimum Gasteiger partial charge on any atom is -0.481 e. The molecule has 1 N–H and O–H groups in total. The number of hydrogen-bond donors (Lipinski definition) is 1. The standard InChI is InChI=1S/C17H24N2O3/c1-13(2)11-18-8-9-19(12-14-6-4-3-5-7-14)17(22)15(18)10-16(20)21/h3-7,13,15H,8-12H2,1-2H3,(H,20,21). The molecule has 5 heteroatoms. The number of carboxylic acid groups (broad SMARTS) is 1. The average Bonchev–Trinajstić information content (AvgIpc) is 2.46. The lowest BCUT2D eigenvalue weighted by molar-refractivity contribution is -0.150. The van der Waals surface area contributed by atoms with Crippen LogP contribution in [-0.4, -0.2) is 52.5 Å². The molecular formula is C17H24N2O3. The lowest BCUT2D eigenvalue weighted by Gasteiger charge is -2.41. The van der Waals surface area contributed by atoms with Crippen molar-refractivity contribution in [2.75, 3.05) is 19.6 Å². The van der Waals surface area contributed by atoms with Crippen LogP contribution in [0.3, 0.4) is 0 Å². The zero-order valence-corrected chi connectivity index (χ0v) is 13.2. The third-order valence-corrected chi connectivity index (χ3v) is 3.88. The van der Waals surface area contributed by atoms with Crippen LogP contribution >= 0.6 is 0 Å². The Bertz CT molecular complexity index is 516. The number of piperazine rings is 1. The predicted octanol–water partition coefficient (Wildman–Crippen LogP) is 1.83. The Labute approximate surface area is 131 Å². The second-order valence-electron chi connectivity index (χ2n) is 6.25. The lowest BCUT2D eigenvalue weighted by atomic mass is 10.0. The highest BCUT2D eigenvalue weighted by atomic mass is 16.4. The number of amides is 1. The van der Waals surface area contributed by atoms with Crippen LogP contribution in [0, 0.1) is 5.92 Å². The molecule has 0 saturated carbocycles. The van der Waals surface area contributed by atoms with Gasteiger partial charge >= 0.3 is 5.97 Å². The summed E-state index contributed by atoms with van der Waals surface area (Å²) in [6.45, 7) is 6.84. The topological polar surface area (TPSA) is 60.9 Å². The summed E-state index contributed by atoms with van der Waals surface area (Å²) in [6.07, 6.45) is -0.128. The van der Waals surface area contributed by atoms with E-state index in [9.17, 15) is 9.59 Å². The second kappa shape index (κ2) is 7.40. The first kappa shape index (κ1) is 16.5. The number of rotatable bonds is 6. The van der Waals surface area contributed by atoms with Crippen molar-refractivity contribution in [2.24, 2.45) is 5.92 Å². The summed E-state index contributed by atoms with van der Waals surface area (Å²) in [4.78, 5) is 27.6. The van der Waals surface area contributed by atoms with E-state index in [0.29, 0.717) is 19.0 Å². The van der Waals surface area contributed by atoms with Crippen LogP contribution < -0.4 is 0 Å². The second-order valence-corrected chi connectivity index (χ2v) is 6.25. The molecule has 0 spiro atoms. The molecule has 5 nitrogen and oxygen atoms in total. The highest BCUT2D eigenvalue weighted by Gasteiger charge is 2.36. The van der Waals surface area contributed by atoms with Crippen LogP contribution in [0.4, 0.5) is 0 Å². The van der Waals surface area contributed by atoms with Crippen molar-refractivity contribution in [1.82, 2.24) is 9.80 Å². The molecule has 0 radical (unpaired) electrons. The van der Waals surface area contributed by atoms with Crippen molar-refractivity contribution in [3.63, 3.8) is 0 Å². The Morgan fingerprint density at radius 1 is 1.27 bits per heavy atom. The maximum Gasteiger partial charge on any atom is 0.305 e. The quantitative estimate of drug-likeness (QED) is 0.871. The van der Waals surface area contributed by atoms with Crippen molar-refractivity contribution in [3.05, 3.63) is 35.9 Å². The van der Waals surface area contributed by atoms with E-state index in [2.05, 4.69) is 13.8 Å². The molecule has 1 saturated heterocycles. The van der Waals surface area contributed by atoms with Gasteiger partial charge in [0, 0.05) is 26.2 Å². The summed E-state index contributed by atoms with van der Waals surface area (Å²) >= 11 is 0. The van der Waals surface area contributed by atoms with Gasteiger partial charge < -0.3 is 10.0 Å². The highest BCUT2D eigenvalue weighted by Crippen LogP contribution is 2.18. The molecule has 1 aromatic rings. The molecule has 120 valence electrons. The fraction of sp³-hybridized carbons (Fsp3) is 0.529. The van der Waals surface area contributed by atoms with Crippen LogP contribution in [0.5, 0.6) is 0 Å². The summed E-state index contributed by atoms with van der Waals surface area (Å²) in [7, 11) is 0. The molecule has 1 atom stereocenters. The van der Waals surface area contributed by atoms with E-state index in [1.165, 1.54) is 0 Å². The fourth-order valence-electron chi connectivity index (χ4n) is 2.91. The van der Waals surface area contributed by atoms with Gasteiger partial charge in [0.1, 0.15) is 0 Å². The van der Waals surface area contributed by atoms with Crippen molar-refractivity contribution < 1.29 is 14.7 Å². The Balaban J connectivity index is 2.09. The van der Waals surface area contributed by atoms with E-state index in [-0.39, 0.29) is 12.3 Å². The zero-order valence-electron chi connectivity index (χ0n) is 13.2. The van der Waals surface area contributed by atoms with Crippen LogP contribution in [0.2, 0.25) is 0 Å². The van der Waals surface area contributed by atoms with E-state index >= 15 is 0 Å². The van der Waals surface area contributed by atoms with Crippen LogP contribution in [0.25, 0.3) is 0 Å². The summed E-state index contributed by atoms with van der Waals surface area (Å²) < 4.78 is 0. The first-order chi connectivity index (χ1) is 10.5. The number of carbonyl (C=O) groups excluding carboxylic acids is 1. The number of nitrogens with zero attached hydrogens (tertiary/aromatic N) is 2. The monoisotopic (exact) mass is 304 g/mol. The Hall–Kier alpha value is -1.88. The van der Waals surface area contributed by atoms with Crippen molar-refractivity contribution in [2.45, 2.75) is 32.9 Å². The van der Waals surface area contributed by atoms with Gasteiger partial charge in [0.15, 0.2) is 0 Å². The molecular weight excluding hydrogens is 280 g/mol. The molecule has 0 aromatic heterocycles. The van der Waals surface area contributed by atoms with Gasteiger partial charge in [-0.2, -0.15) is 0 Å². The van der Waals surface area contributed by atoms with E-state index in [1.54, 1.807) is 4.90 Å². The smallest absolute Gasteiger partial charge is 0.305 e. The van der Waals surface area contributed by atoms with Crippen LogP contribution in [0.15, 0.2) is 30.3 Å². The van der Waals surface area contributed by atoms with Gasteiger partial charge in [0.2, 0.25) is 5.91 Å². The molecule has 22 heavy (non-hydrogen) atoms. The number of carbonyl (C=O) groups is 2. The van der Waals surface area contributed by atoms with E-state index in [4.69, 9.17) is 5.11 Å². The molecule has 1 aliphatic rings. The first-order valence-corrected chi connectivity index (χ1v) is 7.76. The van der Waals surface area contributed by atoms with Gasteiger partial charge in [-0.25, -0.2) is 0 Å². The Morgan fingerprint density at radius 3 is 2.55 bits per heavy atom. The lowest BCUT2D eigenvalue weighted by Crippen LogP contribution is -2.57. The summed E-state index contributed by atoms with van der Waals surface area (Å²) in [6, 6.07) is 9.27. The zero-order chi connectivity index (χ0) is 16.1. The third kappa shape index (κ3) is 4.31. The van der Waals surface area contributed by atoms with Crippen LogP contribution in [-0.2, 0) is 16.1 Å². The maximum atomic E-state index is 12.7. The molecule has 2 rings (SSSR count). The minimum atomic E-state index is -0.923. The number of benzene rings is 1. The van der Waals surface area contributed by atoms with Crippen molar-refractivity contribution in [3.8, 4) is 0 Å². The van der Waals surface area contributed by atoms with E-state index in [1.807, 2.05) is 35.2 Å². The first-order valence-electron chi connectivity index (χ1n) is 7.76. The Morgan fingerprint density at radius 2 is 1.95 bits per heavy atom. The van der Waals surface area contributed by atoms with Crippen LogP contribution in [0.1, 0.15) is 25.8 Å². The summed E-state index contributed by atoms with van der Waals surface area (Å²) in [5.74, 6) is -0.586. The molecule has 1 aromatic carbocycles. The normalized spacial score (nSPS) is 19.7.